The highest BCUT2D eigenvalue weighted by Gasteiger charge is 2.43. The molecule has 0 aliphatic carbocycles. The van der Waals surface area contributed by atoms with Crippen LogP contribution < -0.4 is 4.74 Å². The number of nitrogens with zero attached hydrogens (tertiary/aromatic N) is 2. The Bertz CT molecular complexity index is 584. The van der Waals surface area contributed by atoms with Gasteiger partial charge in [0.15, 0.2) is 0 Å². The lowest BCUT2D eigenvalue weighted by Gasteiger charge is -2.14. The summed E-state index contributed by atoms with van der Waals surface area (Å²) in [6.45, 7) is 0.156. The molecule has 1 aromatic carbocycles. The molecule has 0 spiro atoms. The highest BCUT2D eigenvalue weighted by molar-refractivity contribution is 6.05. The molecule has 22 heavy (non-hydrogen) atoms. The van der Waals surface area contributed by atoms with Crippen LogP contribution in [-0.2, 0) is 20.9 Å². The Balaban J connectivity index is 2.11. The van der Waals surface area contributed by atoms with Crippen molar-refractivity contribution in [3.8, 4) is 5.75 Å². The summed E-state index contributed by atoms with van der Waals surface area (Å²) in [5, 5.41) is 0. The molecule has 1 aromatic rings. The van der Waals surface area contributed by atoms with Gasteiger partial charge in [0.05, 0.1) is 27.2 Å². The number of rotatable bonds is 5. The van der Waals surface area contributed by atoms with E-state index in [2.05, 4.69) is 4.74 Å². The van der Waals surface area contributed by atoms with E-state index in [1.807, 2.05) is 0 Å². The standard InChI is InChI=1S/C15H18N2O5/c1-16-12(8-13(18)22-3)14(19)17(15(16)20)9-10-4-6-11(21-2)7-5-10/h4-7,12H,8-9H2,1-3H3. The first-order chi connectivity index (χ1) is 10.5. The van der Waals surface area contributed by atoms with Crippen LogP contribution in [0.3, 0.4) is 0 Å². The molecule has 7 heteroatoms. The third kappa shape index (κ3) is 3.03. The first-order valence-corrected chi connectivity index (χ1v) is 6.75. The van der Waals surface area contributed by atoms with Gasteiger partial charge in [0.25, 0.3) is 5.91 Å². The summed E-state index contributed by atoms with van der Waals surface area (Å²) < 4.78 is 9.63. The third-order valence-electron chi connectivity index (χ3n) is 3.64. The molecule has 1 aliphatic rings. The molecule has 0 bridgehead atoms. The lowest BCUT2D eigenvalue weighted by Crippen LogP contribution is -2.33. The van der Waals surface area contributed by atoms with Crippen LogP contribution in [0, 0.1) is 0 Å². The zero-order valence-electron chi connectivity index (χ0n) is 12.7. The molecule has 2 rings (SSSR count). The van der Waals surface area contributed by atoms with Crippen LogP contribution in [-0.4, -0.2) is 55.0 Å². The summed E-state index contributed by atoms with van der Waals surface area (Å²) >= 11 is 0. The van der Waals surface area contributed by atoms with E-state index in [1.165, 1.54) is 19.1 Å². The van der Waals surface area contributed by atoms with Gasteiger partial charge in [-0.15, -0.1) is 0 Å². The van der Waals surface area contributed by atoms with Crippen molar-refractivity contribution in [2.75, 3.05) is 21.3 Å². The van der Waals surface area contributed by atoms with E-state index in [-0.39, 0.29) is 13.0 Å². The van der Waals surface area contributed by atoms with E-state index in [1.54, 1.807) is 31.4 Å². The number of hydrogen-bond acceptors (Lipinski definition) is 5. The first-order valence-electron chi connectivity index (χ1n) is 6.75. The molecular weight excluding hydrogens is 288 g/mol. The highest BCUT2D eigenvalue weighted by atomic mass is 16.5. The van der Waals surface area contributed by atoms with E-state index < -0.39 is 23.9 Å². The van der Waals surface area contributed by atoms with Crippen molar-refractivity contribution in [3.05, 3.63) is 29.8 Å². The van der Waals surface area contributed by atoms with Crippen LogP contribution in [0.2, 0.25) is 0 Å². The molecule has 0 saturated carbocycles. The predicted molar refractivity (Wildman–Crippen MR) is 77.1 cm³/mol. The number of amides is 3. The van der Waals surface area contributed by atoms with Crippen molar-refractivity contribution < 1.29 is 23.9 Å². The molecule has 0 aromatic heterocycles. The number of hydrogen-bond donors (Lipinski definition) is 0. The second-order valence-corrected chi connectivity index (χ2v) is 4.96. The van der Waals surface area contributed by atoms with Crippen molar-refractivity contribution >= 4 is 17.9 Å². The van der Waals surface area contributed by atoms with Gasteiger partial charge in [-0.25, -0.2) is 4.79 Å². The molecule has 0 radical (unpaired) electrons. The van der Waals surface area contributed by atoms with E-state index >= 15 is 0 Å². The zero-order valence-corrected chi connectivity index (χ0v) is 12.7. The number of likely N-dealkylation sites (N-methyl/N-ethyl adjacent to an activating group) is 1. The molecule has 1 aliphatic heterocycles. The van der Waals surface area contributed by atoms with E-state index in [0.717, 1.165) is 10.5 Å². The second-order valence-electron chi connectivity index (χ2n) is 4.96. The SMILES string of the molecule is COC(=O)CC1C(=O)N(Cc2ccc(OC)cc2)C(=O)N1C. The van der Waals surface area contributed by atoms with Crippen LogP contribution >= 0.6 is 0 Å². The predicted octanol–water partition coefficient (Wildman–Crippen LogP) is 1.02. The number of carbonyl (C=O) groups is 3. The minimum atomic E-state index is -0.807. The Kier molecular flexibility index (Phi) is 4.65. The maximum atomic E-state index is 12.3. The minimum absolute atomic E-state index is 0.142. The van der Waals surface area contributed by atoms with Crippen molar-refractivity contribution in [2.45, 2.75) is 19.0 Å². The van der Waals surface area contributed by atoms with Gasteiger partial charge in [-0.3, -0.25) is 14.5 Å². The summed E-state index contributed by atoms with van der Waals surface area (Å²) in [7, 11) is 4.31. The minimum Gasteiger partial charge on any atom is -0.497 e. The number of urea groups is 1. The summed E-state index contributed by atoms with van der Waals surface area (Å²) in [4.78, 5) is 38.3. The van der Waals surface area contributed by atoms with Gasteiger partial charge in [0.1, 0.15) is 11.8 Å². The summed E-state index contributed by atoms with van der Waals surface area (Å²) in [6, 6.07) is 5.86. The van der Waals surface area contributed by atoms with E-state index in [4.69, 9.17) is 4.74 Å². The molecule has 0 N–H and O–H groups in total. The van der Waals surface area contributed by atoms with E-state index in [9.17, 15) is 14.4 Å². The number of esters is 1. The molecule has 118 valence electrons. The van der Waals surface area contributed by atoms with Crippen LogP contribution in [0.25, 0.3) is 0 Å². The second kappa shape index (κ2) is 6.46. The lowest BCUT2D eigenvalue weighted by atomic mass is 10.1. The Morgan fingerprint density at radius 2 is 1.82 bits per heavy atom. The molecule has 1 atom stereocenters. The monoisotopic (exact) mass is 306 g/mol. The van der Waals surface area contributed by atoms with Gasteiger partial charge in [-0.1, -0.05) is 12.1 Å². The van der Waals surface area contributed by atoms with Crippen molar-refractivity contribution in [2.24, 2.45) is 0 Å². The fourth-order valence-electron chi connectivity index (χ4n) is 2.29. The zero-order chi connectivity index (χ0) is 16.3. The fraction of sp³-hybridized carbons (Fsp3) is 0.400. The quantitative estimate of drug-likeness (QED) is 0.599. The molecule has 1 fully saturated rings. The van der Waals surface area contributed by atoms with Gasteiger partial charge in [0, 0.05) is 7.05 Å². The maximum absolute atomic E-state index is 12.3. The molecule has 3 amide bonds. The largest absolute Gasteiger partial charge is 0.497 e. The molecular formula is C15H18N2O5. The smallest absolute Gasteiger partial charge is 0.327 e. The average Bonchev–Trinajstić information content (AvgIpc) is 2.73. The Morgan fingerprint density at radius 1 is 1.18 bits per heavy atom. The maximum Gasteiger partial charge on any atom is 0.327 e. The number of carbonyl (C=O) groups excluding carboxylic acids is 3. The van der Waals surface area contributed by atoms with Crippen molar-refractivity contribution in [1.29, 1.82) is 0 Å². The molecule has 7 nitrogen and oxygen atoms in total. The van der Waals surface area contributed by atoms with Gasteiger partial charge in [-0.2, -0.15) is 0 Å². The first kappa shape index (κ1) is 15.8. The average molecular weight is 306 g/mol. The summed E-state index contributed by atoms with van der Waals surface area (Å²) in [5.74, 6) is -0.221. The van der Waals surface area contributed by atoms with Crippen LogP contribution in [0.15, 0.2) is 24.3 Å². The topological polar surface area (TPSA) is 76.1 Å². The highest BCUT2D eigenvalue weighted by Crippen LogP contribution is 2.22. The number of benzene rings is 1. The lowest BCUT2D eigenvalue weighted by molar-refractivity contribution is -0.144. The van der Waals surface area contributed by atoms with E-state index in [0.29, 0.717) is 5.75 Å². The Morgan fingerprint density at radius 3 is 2.36 bits per heavy atom. The Hall–Kier alpha value is -2.57. The number of methoxy groups -OCH3 is 2. The molecule has 1 saturated heterocycles. The fourth-order valence-corrected chi connectivity index (χ4v) is 2.29. The molecule has 1 unspecified atom stereocenters. The normalized spacial score (nSPS) is 17.9. The Labute approximate surface area is 128 Å². The summed E-state index contributed by atoms with van der Waals surface area (Å²) in [6.07, 6.45) is -0.142. The van der Waals surface area contributed by atoms with Crippen molar-refractivity contribution in [1.82, 2.24) is 9.80 Å². The summed E-state index contributed by atoms with van der Waals surface area (Å²) in [5.41, 5.74) is 0.801. The van der Waals surface area contributed by atoms with Crippen LogP contribution in [0.4, 0.5) is 4.79 Å². The number of ether oxygens (including phenoxy) is 2. The van der Waals surface area contributed by atoms with Gasteiger partial charge in [-0.05, 0) is 17.7 Å². The van der Waals surface area contributed by atoms with Crippen molar-refractivity contribution in [3.63, 3.8) is 0 Å². The van der Waals surface area contributed by atoms with Gasteiger partial charge < -0.3 is 14.4 Å². The number of imide groups is 1. The van der Waals surface area contributed by atoms with Gasteiger partial charge >= 0.3 is 12.0 Å². The van der Waals surface area contributed by atoms with Crippen LogP contribution in [0.1, 0.15) is 12.0 Å². The third-order valence-corrected chi connectivity index (χ3v) is 3.64. The molecule has 1 heterocycles. The van der Waals surface area contributed by atoms with Gasteiger partial charge in [0.2, 0.25) is 0 Å². The van der Waals surface area contributed by atoms with Crippen LogP contribution in [0.5, 0.6) is 5.75 Å².